The Morgan fingerprint density at radius 3 is 2.71 bits per heavy atom. The zero-order valence-corrected chi connectivity index (χ0v) is 19.6. The maximum absolute atomic E-state index is 14.5. The highest BCUT2D eigenvalue weighted by Gasteiger charge is 2.39. The van der Waals surface area contributed by atoms with E-state index < -0.39 is 11.7 Å². The maximum atomic E-state index is 14.5. The van der Waals surface area contributed by atoms with E-state index in [1.165, 1.54) is 19.6 Å². The molecule has 2 aliphatic rings. The third-order valence-corrected chi connectivity index (χ3v) is 7.18. The number of aryl methyl sites for hydroxylation is 1. The number of rotatable bonds is 4. The number of carbonyl (C=O) groups is 1. The van der Waals surface area contributed by atoms with Gasteiger partial charge in [0.2, 0.25) is 0 Å². The van der Waals surface area contributed by atoms with Crippen LogP contribution in [0.4, 0.5) is 15.8 Å². The van der Waals surface area contributed by atoms with Gasteiger partial charge in [0.05, 0.1) is 29.6 Å². The highest BCUT2D eigenvalue weighted by Crippen LogP contribution is 2.36. The number of halogens is 1. The number of pyridine rings is 1. The first kappa shape index (κ1) is 21.7. The standard InChI is InChI=1S/C25H26FN7O2/c1-15-13-33-14-16(11-19(26)22(33)29-15)30-23(34)17-3-4-20(18-12-27-24(35-2)31-21(17)18)32-9-6-25(7-10-32)5-8-28-25/h3-4,11-14,28H,5-10H2,1-2H3,(H,30,34). The molecule has 0 aliphatic carbocycles. The number of imidazole rings is 1. The van der Waals surface area contributed by atoms with Gasteiger partial charge < -0.3 is 24.7 Å². The molecule has 2 fully saturated rings. The summed E-state index contributed by atoms with van der Waals surface area (Å²) in [5.74, 6) is -0.905. The Morgan fingerprint density at radius 1 is 1.20 bits per heavy atom. The van der Waals surface area contributed by atoms with Gasteiger partial charge in [-0.2, -0.15) is 4.98 Å². The normalized spacial score (nSPS) is 17.1. The number of piperidine rings is 1. The maximum Gasteiger partial charge on any atom is 0.316 e. The summed E-state index contributed by atoms with van der Waals surface area (Å²) in [6.45, 7) is 4.72. The second-order valence-corrected chi connectivity index (χ2v) is 9.34. The molecular weight excluding hydrogens is 449 g/mol. The zero-order valence-electron chi connectivity index (χ0n) is 19.6. The van der Waals surface area contributed by atoms with E-state index in [4.69, 9.17) is 4.74 Å². The minimum atomic E-state index is -0.510. The molecule has 1 aromatic carbocycles. The number of ether oxygens (including phenoxy) is 1. The Bertz CT molecular complexity index is 1450. The van der Waals surface area contributed by atoms with E-state index in [1.54, 1.807) is 36.0 Å². The van der Waals surface area contributed by atoms with Crippen LogP contribution in [0.15, 0.2) is 36.8 Å². The molecule has 2 saturated heterocycles. The van der Waals surface area contributed by atoms with Gasteiger partial charge in [-0.25, -0.2) is 14.4 Å². The summed E-state index contributed by atoms with van der Waals surface area (Å²) >= 11 is 0. The minimum Gasteiger partial charge on any atom is -0.467 e. The van der Waals surface area contributed by atoms with E-state index in [1.807, 2.05) is 6.07 Å². The molecule has 2 aliphatic heterocycles. The van der Waals surface area contributed by atoms with E-state index in [0.717, 1.165) is 43.5 Å². The molecule has 0 unspecified atom stereocenters. The van der Waals surface area contributed by atoms with Crippen LogP contribution in [-0.2, 0) is 0 Å². The van der Waals surface area contributed by atoms with Crippen LogP contribution in [0.5, 0.6) is 6.01 Å². The molecule has 9 nitrogen and oxygen atoms in total. The fourth-order valence-corrected chi connectivity index (χ4v) is 5.17. The summed E-state index contributed by atoms with van der Waals surface area (Å²) in [4.78, 5) is 28.6. The van der Waals surface area contributed by atoms with Crippen molar-refractivity contribution in [3.05, 3.63) is 53.9 Å². The van der Waals surface area contributed by atoms with Crippen molar-refractivity contribution >= 4 is 33.8 Å². The first-order valence-electron chi connectivity index (χ1n) is 11.7. The van der Waals surface area contributed by atoms with Gasteiger partial charge >= 0.3 is 6.01 Å². The molecule has 2 N–H and O–H groups in total. The van der Waals surface area contributed by atoms with E-state index in [-0.39, 0.29) is 17.2 Å². The highest BCUT2D eigenvalue weighted by molar-refractivity contribution is 6.13. The van der Waals surface area contributed by atoms with Crippen molar-refractivity contribution in [2.24, 2.45) is 0 Å². The van der Waals surface area contributed by atoms with Crippen LogP contribution in [-0.4, -0.2) is 57.5 Å². The third-order valence-electron chi connectivity index (χ3n) is 7.18. The average Bonchev–Trinajstić information content (AvgIpc) is 3.22. The number of fused-ring (bicyclic) bond motifs is 2. The summed E-state index contributed by atoms with van der Waals surface area (Å²) in [6.07, 6.45) is 8.44. The van der Waals surface area contributed by atoms with Crippen LogP contribution in [0.1, 0.15) is 35.3 Å². The number of amides is 1. The molecule has 4 aromatic rings. The van der Waals surface area contributed by atoms with Crippen molar-refractivity contribution < 1.29 is 13.9 Å². The van der Waals surface area contributed by atoms with Gasteiger partial charge in [0.15, 0.2) is 11.5 Å². The summed E-state index contributed by atoms with van der Waals surface area (Å²) in [6, 6.07) is 5.16. The number of hydrogen-bond donors (Lipinski definition) is 2. The van der Waals surface area contributed by atoms with Gasteiger partial charge in [-0.05, 0) is 44.9 Å². The summed E-state index contributed by atoms with van der Waals surface area (Å²) < 4.78 is 21.3. The number of benzene rings is 1. The first-order valence-corrected chi connectivity index (χ1v) is 11.7. The van der Waals surface area contributed by atoms with E-state index >= 15 is 0 Å². The van der Waals surface area contributed by atoms with E-state index in [2.05, 4.69) is 30.5 Å². The number of nitrogens with zero attached hydrogens (tertiary/aromatic N) is 5. The molecule has 10 heteroatoms. The molecule has 0 atom stereocenters. The molecule has 0 saturated carbocycles. The lowest BCUT2D eigenvalue weighted by Gasteiger charge is -2.49. The Kier molecular flexibility index (Phi) is 5.06. The fraction of sp³-hybridized carbons (Fsp3) is 0.360. The third kappa shape index (κ3) is 3.74. The molecule has 0 radical (unpaired) electrons. The molecule has 1 spiro atoms. The largest absolute Gasteiger partial charge is 0.467 e. The van der Waals surface area contributed by atoms with Crippen molar-refractivity contribution in [1.82, 2.24) is 24.7 Å². The topological polar surface area (TPSA) is 96.7 Å². The first-order chi connectivity index (χ1) is 16.9. The van der Waals surface area contributed by atoms with Crippen LogP contribution in [0, 0.1) is 12.7 Å². The molecule has 6 rings (SSSR count). The van der Waals surface area contributed by atoms with Crippen molar-refractivity contribution in [3.63, 3.8) is 0 Å². The lowest BCUT2D eigenvalue weighted by Crippen LogP contribution is -2.61. The number of nitrogens with one attached hydrogen (secondary N) is 2. The smallest absolute Gasteiger partial charge is 0.316 e. The molecule has 5 heterocycles. The minimum absolute atomic E-state index is 0.182. The lowest BCUT2D eigenvalue weighted by atomic mass is 9.79. The quantitative estimate of drug-likeness (QED) is 0.467. The average molecular weight is 476 g/mol. The van der Waals surface area contributed by atoms with Gasteiger partial charge in [-0.1, -0.05) is 0 Å². The number of hydrogen-bond acceptors (Lipinski definition) is 7. The predicted molar refractivity (Wildman–Crippen MR) is 131 cm³/mol. The van der Waals surface area contributed by atoms with Crippen molar-refractivity contribution in [2.75, 3.05) is 37.0 Å². The van der Waals surface area contributed by atoms with Crippen LogP contribution >= 0.6 is 0 Å². The van der Waals surface area contributed by atoms with Crippen molar-refractivity contribution in [2.45, 2.75) is 31.7 Å². The fourth-order valence-electron chi connectivity index (χ4n) is 5.17. The van der Waals surface area contributed by atoms with Crippen LogP contribution in [0.25, 0.3) is 16.6 Å². The Balaban J connectivity index is 1.34. The second-order valence-electron chi connectivity index (χ2n) is 9.34. The molecule has 1 amide bonds. The van der Waals surface area contributed by atoms with Gasteiger partial charge in [-0.3, -0.25) is 4.79 Å². The molecule has 35 heavy (non-hydrogen) atoms. The number of aromatic nitrogens is 4. The number of anilines is 2. The number of methoxy groups -OCH3 is 1. The summed E-state index contributed by atoms with van der Waals surface area (Å²) in [5, 5.41) is 7.18. The Hall–Kier alpha value is -3.79. The molecule has 180 valence electrons. The lowest BCUT2D eigenvalue weighted by molar-refractivity contribution is 0.102. The van der Waals surface area contributed by atoms with Crippen LogP contribution < -0.4 is 20.3 Å². The van der Waals surface area contributed by atoms with Gasteiger partial charge in [0.25, 0.3) is 5.91 Å². The van der Waals surface area contributed by atoms with Crippen molar-refractivity contribution in [3.8, 4) is 6.01 Å². The van der Waals surface area contributed by atoms with Gasteiger partial charge in [-0.15, -0.1) is 0 Å². The summed E-state index contributed by atoms with van der Waals surface area (Å²) in [5.41, 5.74) is 3.37. The van der Waals surface area contributed by atoms with E-state index in [9.17, 15) is 9.18 Å². The van der Waals surface area contributed by atoms with Gasteiger partial charge in [0.1, 0.15) is 0 Å². The predicted octanol–water partition coefficient (Wildman–Crippen LogP) is 3.32. The second kappa shape index (κ2) is 8.16. The zero-order chi connectivity index (χ0) is 24.2. The SMILES string of the molecule is COc1ncc2c(N3CCC4(CCN4)CC3)ccc(C(=O)Nc3cc(F)c4nc(C)cn4c3)c2n1. The number of carbonyl (C=O) groups excluding carboxylic acids is 1. The Labute approximate surface area is 201 Å². The Morgan fingerprint density at radius 2 is 2.00 bits per heavy atom. The van der Waals surface area contributed by atoms with E-state index in [0.29, 0.717) is 22.5 Å². The highest BCUT2D eigenvalue weighted by atomic mass is 19.1. The van der Waals surface area contributed by atoms with Crippen molar-refractivity contribution in [1.29, 1.82) is 0 Å². The van der Waals surface area contributed by atoms with Crippen LogP contribution in [0.3, 0.4) is 0 Å². The van der Waals surface area contributed by atoms with Gasteiger partial charge in [0, 0.05) is 54.4 Å². The monoisotopic (exact) mass is 475 g/mol. The van der Waals surface area contributed by atoms with Crippen LogP contribution in [0.2, 0.25) is 0 Å². The summed E-state index contributed by atoms with van der Waals surface area (Å²) in [7, 11) is 1.49. The molecule has 0 bridgehead atoms. The molecule has 3 aromatic heterocycles. The molecular formula is C25H26FN7O2.